The van der Waals surface area contributed by atoms with Crippen LogP contribution >= 0.6 is 0 Å². The summed E-state index contributed by atoms with van der Waals surface area (Å²) in [5.41, 5.74) is 1.89. The van der Waals surface area contributed by atoms with E-state index in [1.807, 2.05) is 31.2 Å². The highest BCUT2D eigenvalue weighted by molar-refractivity contribution is 6.13. The zero-order valence-corrected chi connectivity index (χ0v) is 14.5. The summed E-state index contributed by atoms with van der Waals surface area (Å²) in [5.74, 6) is 0.261. The van der Waals surface area contributed by atoms with Crippen LogP contribution < -0.4 is 15.4 Å². The molecule has 2 N–H and O–H groups in total. The summed E-state index contributed by atoms with van der Waals surface area (Å²) >= 11 is 0. The van der Waals surface area contributed by atoms with Crippen LogP contribution in [-0.4, -0.2) is 18.9 Å². The Kier molecular flexibility index (Phi) is 4.74. The Labute approximate surface area is 147 Å². The van der Waals surface area contributed by atoms with Gasteiger partial charge in [-0.2, -0.15) is 0 Å². The summed E-state index contributed by atoms with van der Waals surface area (Å²) < 4.78 is 5.10. The van der Waals surface area contributed by atoms with Crippen LogP contribution in [0.3, 0.4) is 0 Å². The Morgan fingerprint density at radius 2 is 1.72 bits per heavy atom. The highest BCUT2D eigenvalue weighted by Gasteiger charge is 2.56. The molecule has 2 aromatic carbocycles. The summed E-state index contributed by atoms with van der Waals surface area (Å²) in [5, 5.41) is 5.74. The van der Waals surface area contributed by atoms with Crippen molar-refractivity contribution in [2.45, 2.75) is 26.3 Å². The molecule has 0 saturated heterocycles. The highest BCUT2D eigenvalue weighted by atomic mass is 16.5. The molecule has 0 aliphatic heterocycles. The molecule has 0 unspecified atom stereocenters. The number of amides is 2. The average molecular weight is 338 g/mol. The molecule has 0 atom stereocenters. The topological polar surface area (TPSA) is 67.4 Å². The lowest BCUT2D eigenvalue weighted by atomic mass is 10.0. The molecule has 1 fully saturated rings. The van der Waals surface area contributed by atoms with Crippen molar-refractivity contribution < 1.29 is 14.3 Å². The molecule has 0 radical (unpaired) electrons. The number of methoxy groups -OCH3 is 1. The number of hydrogen-bond donors (Lipinski definition) is 2. The van der Waals surface area contributed by atoms with E-state index < -0.39 is 5.41 Å². The largest absolute Gasteiger partial charge is 0.497 e. The third-order valence-corrected chi connectivity index (χ3v) is 4.67. The second-order valence-electron chi connectivity index (χ2n) is 6.37. The van der Waals surface area contributed by atoms with Crippen molar-refractivity contribution in [1.29, 1.82) is 0 Å². The minimum atomic E-state index is -0.942. The van der Waals surface area contributed by atoms with Gasteiger partial charge in [0.1, 0.15) is 11.2 Å². The van der Waals surface area contributed by atoms with E-state index in [4.69, 9.17) is 4.74 Å². The van der Waals surface area contributed by atoms with Crippen molar-refractivity contribution in [2.24, 2.45) is 5.41 Å². The summed E-state index contributed by atoms with van der Waals surface area (Å²) in [6, 6.07) is 15.0. The van der Waals surface area contributed by atoms with Gasteiger partial charge < -0.3 is 15.4 Å². The van der Waals surface area contributed by atoms with Crippen molar-refractivity contribution >= 4 is 17.5 Å². The first kappa shape index (κ1) is 17.0. The number of benzene rings is 2. The zero-order chi connectivity index (χ0) is 17.9. The van der Waals surface area contributed by atoms with Gasteiger partial charge in [-0.1, -0.05) is 24.3 Å². The van der Waals surface area contributed by atoms with Crippen molar-refractivity contribution in [3.05, 3.63) is 59.7 Å². The molecule has 1 saturated carbocycles. The van der Waals surface area contributed by atoms with Gasteiger partial charge in [0.15, 0.2) is 0 Å². The van der Waals surface area contributed by atoms with Crippen LogP contribution in [0.1, 0.15) is 24.0 Å². The lowest BCUT2D eigenvalue weighted by molar-refractivity contribution is -0.134. The van der Waals surface area contributed by atoms with Crippen molar-refractivity contribution in [3.63, 3.8) is 0 Å². The smallest absolute Gasteiger partial charge is 0.240 e. The standard InChI is InChI=1S/C20H22N2O3/c1-14-5-3-4-6-15(14)13-21-18(23)20(11-12-20)19(24)22-16-7-9-17(25-2)10-8-16/h3-10H,11-13H2,1-2H3,(H,21,23)(H,22,24). The Morgan fingerprint density at radius 3 is 2.32 bits per heavy atom. The molecule has 5 heteroatoms. The number of nitrogens with one attached hydrogen (secondary N) is 2. The van der Waals surface area contributed by atoms with Crippen molar-refractivity contribution in [1.82, 2.24) is 5.32 Å². The molecule has 0 heterocycles. The number of carbonyl (C=O) groups is 2. The van der Waals surface area contributed by atoms with Crippen LogP contribution in [0.2, 0.25) is 0 Å². The molecule has 0 spiro atoms. The first-order valence-corrected chi connectivity index (χ1v) is 8.33. The fourth-order valence-corrected chi connectivity index (χ4v) is 2.76. The molecule has 1 aliphatic rings. The number of ether oxygens (including phenoxy) is 1. The molecule has 5 nitrogen and oxygen atoms in total. The minimum Gasteiger partial charge on any atom is -0.497 e. The minimum absolute atomic E-state index is 0.207. The van der Waals surface area contributed by atoms with E-state index >= 15 is 0 Å². The summed E-state index contributed by atoms with van der Waals surface area (Å²) in [6.45, 7) is 2.44. The van der Waals surface area contributed by atoms with Gasteiger partial charge in [-0.25, -0.2) is 0 Å². The van der Waals surface area contributed by atoms with Crippen LogP contribution in [0.15, 0.2) is 48.5 Å². The van der Waals surface area contributed by atoms with E-state index in [-0.39, 0.29) is 11.8 Å². The predicted molar refractivity (Wildman–Crippen MR) is 96.3 cm³/mol. The van der Waals surface area contributed by atoms with E-state index in [0.717, 1.165) is 16.9 Å². The normalized spacial score (nSPS) is 14.5. The summed E-state index contributed by atoms with van der Waals surface area (Å²) in [6.07, 6.45) is 1.16. The van der Waals surface area contributed by atoms with Gasteiger partial charge in [0.2, 0.25) is 11.8 Å². The molecular weight excluding hydrogens is 316 g/mol. The van der Waals surface area contributed by atoms with Crippen LogP contribution in [0.25, 0.3) is 0 Å². The maximum Gasteiger partial charge on any atom is 0.240 e. The first-order valence-electron chi connectivity index (χ1n) is 8.33. The number of anilines is 1. The van der Waals surface area contributed by atoms with Gasteiger partial charge in [-0.15, -0.1) is 0 Å². The maximum absolute atomic E-state index is 12.6. The number of rotatable bonds is 6. The maximum atomic E-state index is 12.6. The fraction of sp³-hybridized carbons (Fsp3) is 0.300. The third kappa shape index (κ3) is 3.65. The van der Waals surface area contributed by atoms with Crippen LogP contribution in [-0.2, 0) is 16.1 Å². The van der Waals surface area contributed by atoms with Gasteiger partial charge >= 0.3 is 0 Å². The number of hydrogen-bond acceptors (Lipinski definition) is 3. The zero-order valence-electron chi connectivity index (χ0n) is 14.5. The molecule has 2 amide bonds. The average Bonchev–Trinajstić information content (AvgIpc) is 3.43. The summed E-state index contributed by atoms with van der Waals surface area (Å²) in [7, 11) is 1.59. The first-order chi connectivity index (χ1) is 12.0. The van der Waals surface area contributed by atoms with Gasteiger partial charge in [-0.05, 0) is 55.2 Å². The molecule has 0 bridgehead atoms. The van der Waals surface area contributed by atoms with Crippen molar-refractivity contribution in [3.8, 4) is 5.75 Å². The fourth-order valence-electron chi connectivity index (χ4n) is 2.76. The molecular formula is C20H22N2O3. The van der Waals surface area contributed by atoms with Crippen molar-refractivity contribution in [2.75, 3.05) is 12.4 Å². The molecule has 130 valence electrons. The van der Waals surface area contributed by atoms with Gasteiger partial charge in [0, 0.05) is 12.2 Å². The lowest BCUT2D eigenvalue weighted by Gasteiger charge is -2.16. The van der Waals surface area contributed by atoms with Crippen LogP contribution in [0.5, 0.6) is 5.75 Å². The lowest BCUT2D eigenvalue weighted by Crippen LogP contribution is -2.39. The summed E-state index contributed by atoms with van der Waals surface area (Å²) in [4.78, 5) is 25.1. The quantitative estimate of drug-likeness (QED) is 0.796. The molecule has 0 aromatic heterocycles. The number of carbonyl (C=O) groups excluding carboxylic acids is 2. The van der Waals surface area contributed by atoms with E-state index in [1.165, 1.54) is 0 Å². The highest BCUT2D eigenvalue weighted by Crippen LogP contribution is 2.47. The van der Waals surface area contributed by atoms with Crippen LogP contribution in [0, 0.1) is 12.3 Å². The molecule has 25 heavy (non-hydrogen) atoms. The molecule has 2 aromatic rings. The Morgan fingerprint density at radius 1 is 1.04 bits per heavy atom. The van der Waals surface area contributed by atoms with Crippen LogP contribution in [0.4, 0.5) is 5.69 Å². The van der Waals surface area contributed by atoms with E-state index in [0.29, 0.717) is 25.1 Å². The monoisotopic (exact) mass is 338 g/mol. The predicted octanol–water partition coefficient (Wildman–Crippen LogP) is 3.04. The van der Waals surface area contributed by atoms with E-state index in [1.54, 1.807) is 31.4 Å². The van der Waals surface area contributed by atoms with E-state index in [9.17, 15) is 9.59 Å². The van der Waals surface area contributed by atoms with Gasteiger partial charge in [0.25, 0.3) is 0 Å². The molecule has 3 rings (SSSR count). The second kappa shape index (κ2) is 6.97. The SMILES string of the molecule is COc1ccc(NC(=O)C2(C(=O)NCc3ccccc3C)CC2)cc1. The third-order valence-electron chi connectivity index (χ3n) is 4.67. The Hall–Kier alpha value is -2.82. The van der Waals surface area contributed by atoms with Gasteiger partial charge in [0.05, 0.1) is 7.11 Å². The molecule has 1 aliphatic carbocycles. The number of aryl methyl sites for hydroxylation is 1. The second-order valence-corrected chi connectivity index (χ2v) is 6.37. The van der Waals surface area contributed by atoms with Gasteiger partial charge in [-0.3, -0.25) is 9.59 Å². The Balaban J connectivity index is 1.61. The van der Waals surface area contributed by atoms with E-state index in [2.05, 4.69) is 10.6 Å². The Bertz CT molecular complexity index is 780.